The van der Waals surface area contributed by atoms with Crippen molar-refractivity contribution in [3.05, 3.63) is 40.5 Å². The lowest BCUT2D eigenvalue weighted by Gasteiger charge is -2.13. The van der Waals surface area contributed by atoms with Crippen molar-refractivity contribution in [3.8, 4) is 11.6 Å². The van der Waals surface area contributed by atoms with Gasteiger partial charge in [-0.2, -0.15) is 4.98 Å². The van der Waals surface area contributed by atoms with Crippen LogP contribution < -0.4 is 9.64 Å². The first-order valence-electron chi connectivity index (χ1n) is 5.93. The minimum absolute atomic E-state index is 0.360. The van der Waals surface area contributed by atoms with Crippen LogP contribution in [0.5, 0.6) is 11.6 Å². The number of hydrogen-bond donors (Lipinski definition) is 0. The summed E-state index contributed by atoms with van der Waals surface area (Å²) in [4.78, 5) is 10.2. The second-order valence-corrected chi connectivity index (χ2v) is 4.91. The Balaban J connectivity index is 2.35. The van der Waals surface area contributed by atoms with E-state index < -0.39 is 0 Å². The van der Waals surface area contributed by atoms with Crippen molar-refractivity contribution in [1.82, 2.24) is 9.97 Å². The molecule has 1 aromatic heterocycles. The van der Waals surface area contributed by atoms with E-state index in [-0.39, 0.29) is 0 Å². The minimum Gasteiger partial charge on any atom is -0.439 e. The predicted octanol–water partition coefficient (Wildman–Crippen LogP) is 3.61. The lowest BCUT2D eigenvalue weighted by atomic mass is 10.1. The van der Waals surface area contributed by atoms with Gasteiger partial charge >= 0.3 is 0 Å². The molecule has 0 fully saturated rings. The normalized spacial score (nSPS) is 10.4. The average molecular weight is 278 g/mol. The van der Waals surface area contributed by atoms with Gasteiger partial charge in [-0.25, -0.2) is 4.98 Å². The van der Waals surface area contributed by atoms with Gasteiger partial charge in [0.2, 0.25) is 11.8 Å². The third-order valence-electron chi connectivity index (χ3n) is 2.83. The number of ether oxygens (including phenoxy) is 1. The van der Waals surface area contributed by atoms with Crippen LogP contribution in [0, 0.1) is 13.8 Å². The van der Waals surface area contributed by atoms with E-state index in [1.54, 1.807) is 11.0 Å². The standard InChI is InChI=1S/C14H16ClN3O/c1-9-6-5-7-11(10(9)2)19-13-8-12(15)16-14(17-13)18(3)4/h5-8H,1-4H3. The van der Waals surface area contributed by atoms with Crippen LogP contribution in [0.3, 0.4) is 0 Å². The van der Waals surface area contributed by atoms with Crippen molar-refractivity contribution >= 4 is 17.5 Å². The fourth-order valence-corrected chi connectivity index (χ4v) is 1.75. The summed E-state index contributed by atoms with van der Waals surface area (Å²) in [7, 11) is 3.71. The molecule has 2 rings (SSSR count). The fourth-order valence-electron chi connectivity index (χ4n) is 1.59. The summed E-state index contributed by atoms with van der Waals surface area (Å²) in [5.74, 6) is 1.74. The number of aromatic nitrogens is 2. The molecule has 19 heavy (non-hydrogen) atoms. The summed E-state index contributed by atoms with van der Waals surface area (Å²) in [6, 6.07) is 7.51. The molecule has 0 saturated heterocycles. The Bertz CT molecular complexity index is 599. The van der Waals surface area contributed by atoms with Gasteiger partial charge in [-0.3, -0.25) is 0 Å². The van der Waals surface area contributed by atoms with Gasteiger partial charge in [-0.1, -0.05) is 23.7 Å². The van der Waals surface area contributed by atoms with Gasteiger partial charge in [0, 0.05) is 20.2 Å². The van der Waals surface area contributed by atoms with E-state index in [0.717, 1.165) is 11.3 Å². The largest absolute Gasteiger partial charge is 0.439 e. The predicted molar refractivity (Wildman–Crippen MR) is 77.4 cm³/mol. The van der Waals surface area contributed by atoms with E-state index in [1.807, 2.05) is 46.1 Å². The smallest absolute Gasteiger partial charge is 0.229 e. The molecule has 0 atom stereocenters. The molecule has 5 heteroatoms. The monoisotopic (exact) mass is 277 g/mol. The highest BCUT2D eigenvalue weighted by Crippen LogP contribution is 2.27. The van der Waals surface area contributed by atoms with Crippen molar-refractivity contribution in [2.45, 2.75) is 13.8 Å². The third kappa shape index (κ3) is 3.15. The molecule has 0 aliphatic heterocycles. The van der Waals surface area contributed by atoms with Crippen LogP contribution in [0.4, 0.5) is 5.95 Å². The Hall–Kier alpha value is -1.81. The molecule has 0 unspecified atom stereocenters. The van der Waals surface area contributed by atoms with Crippen LogP contribution in [0.1, 0.15) is 11.1 Å². The molecule has 4 nitrogen and oxygen atoms in total. The second-order valence-electron chi connectivity index (χ2n) is 4.52. The van der Waals surface area contributed by atoms with Crippen LogP contribution in [-0.2, 0) is 0 Å². The Kier molecular flexibility index (Phi) is 3.90. The molecule has 2 aromatic rings. The highest BCUT2D eigenvalue weighted by atomic mass is 35.5. The zero-order valence-electron chi connectivity index (χ0n) is 11.4. The third-order valence-corrected chi connectivity index (χ3v) is 3.02. The van der Waals surface area contributed by atoms with E-state index >= 15 is 0 Å². The quantitative estimate of drug-likeness (QED) is 0.804. The van der Waals surface area contributed by atoms with Crippen molar-refractivity contribution in [2.75, 3.05) is 19.0 Å². The maximum atomic E-state index is 5.97. The molecule has 0 spiro atoms. The second kappa shape index (κ2) is 5.45. The molecule has 1 heterocycles. The summed E-state index contributed by atoms with van der Waals surface area (Å²) < 4.78 is 5.80. The summed E-state index contributed by atoms with van der Waals surface area (Å²) >= 11 is 5.97. The van der Waals surface area contributed by atoms with Crippen LogP contribution in [0.2, 0.25) is 5.15 Å². The fraction of sp³-hybridized carbons (Fsp3) is 0.286. The molecule has 100 valence electrons. The number of hydrogen-bond acceptors (Lipinski definition) is 4. The van der Waals surface area contributed by atoms with E-state index in [1.165, 1.54) is 5.56 Å². The molecule has 0 bridgehead atoms. The molecule has 0 aliphatic rings. The number of halogens is 1. The molecule has 0 aliphatic carbocycles. The average Bonchev–Trinajstić information content (AvgIpc) is 2.34. The number of aryl methyl sites for hydroxylation is 1. The van der Waals surface area contributed by atoms with Crippen LogP contribution in [0.15, 0.2) is 24.3 Å². The van der Waals surface area contributed by atoms with Crippen LogP contribution >= 0.6 is 11.6 Å². The number of rotatable bonds is 3. The van der Waals surface area contributed by atoms with E-state index in [0.29, 0.717) is 17.0 Å². The lowest BCUT2D eigenvalue weighted by Crippen LogP contribution is -2.13. The van der Waals surface area contributed by atoms with E-state index in [4.69, 9.17) is 16.3 Å². The molecular weight excluding hydrogens is 262 g/mol. The lowest BCUT2D eigenvalue weighted by molar-refractivity contribution is 0.458. The van der Waals surface area contributed by atoms with Crippen LogP contribution in [0.25, 0.3) is 0 Å². The van der Waals surface area contributed by atoms with E-state index in [2.05, 4.69) is 9.97 Å². The maximum Gasteiger partial charge on any atom is 0.229 e. The van der Waals surface area contributed by atoms with Gasteiger partial charge in [0.15, 0.2) is 0 Å². The summed E-state index contributed by atoms with van der Waals surface area (Å²) in [5.41, 5.74) is 2.26. The van der Waals surface area contributed by atoms with Crippen molar-refractivity contribution in [1.29, 1.82) is 0 Å². The topological polar surface area (TPSA) is 38.2 Å². The zero-order chi connectivity index (χ0) is 14.0. The Morgan fingerprint density at radius 2 is 1.89 bits per heavy atom. The van der Waals surface area contributed by atoms with Crippen LogP contribution in [-0.4, -0.2) is 24.1 Å². The van der Waals surface area contributed by atoms with Crippen molar-refractivity contribution in [2.24, 2.45) is 0 Å². The first-order valence-corrected chi connectivity index (χ1v) is 6.31. The number of benzene rings is 1. The highest BCUT2D eigenvalue weighted by Gasteiger charge is 2.09. The van der Waals surface area contributed by atoms with Gasteiger partial charge in [0.05, 0.1) is 0 Å². The number of anilines is 1. The van der Waals surface area contributed by atoms with Gasteiger partial charge in [-0.05, 0) is 31.0 Å². The summed E-state index contributed by atoms with van der Waals surface area (Å²) in [6.07, 6.45) is 0. The Morgan fingerprint density at radius 3 is 2.58 bits per heavy atom. The van der Waals surface area contributed by atoms with Gasteiger partial charge < -0.3 is 9.64 Å². The number of nitrogens with zero attached hydrogens (tertiary/aromatic N) is 3. The SMILES string of the molecule is Cc1cccc(Oc2cc(Cl)nc(N(C)C)n2)c1C. The first-order chi connectivity index (χ1) is 8.97. The summed E-state index contributed by atoms with van der Waals surface area (Å²) in [5, 5.41) is 0.360. The molecule has 0 N–H and O–H groups in total. The molecule has 1 aromatic carbocycles. The Morgan fingerprint density at radius 1 is 1.16 bits per heavy atom. The van der Waals surface area contributed by atoms with Crippen molar-refractivity contribution in [3.63, 3.8) is 0 Å². The maximum absolute atomic E-state index is 5.97. The van der Waals surface area contributed by atoms with Gasteiger partial charge in [0.25, 0.3) is 0 Å². The molecule has 0 radical (unpaired) electrons. The van der Waals surface area contributed by atoms with Gasteiger partial charge in [0.1, 0.15) is 10.9 Å². The summed E-state index contributed by atoms with van der Waals surface area (Å²) in [6.45, 7) is 4.06. The van der Waals surface area contributed by atoms with Gasteiger partial charge in [-0.15, -0.1) is 0 Å². The molecule has 0 saturated carbocycles. The zero-order valence-corrected chi connectivity index (χ0v) is 12.2. The Labute approximate surface area is 118 Å². The highest BCUT2D eigenvalue weighted by molar-refractivity contribution is 6.29. The van der Waals surface area contributed by atoms with Crippen molar-refractivity contribution < 1.29 is 4.74 Å². The first kappa shape index (κ1) is 13.6. The molecular formula is C14H16ClN3O. The molecule has 0 amide bonds. The van der Waals surface area contributed by atoms with E-state index in [9.17, 15) is 0 Å². The minimum atomic E-state index is 0.360.